The van der Waals surface area contributed by atoms with Gasteiger partial charge in [-0.15, -0.1) is 11.6 Å². The first-order valence-corrected chi connectivity index (χ1v) is 7.78. The van der Waals surface area contributed by atoms with E-state index in [1.54, 1.807) is 38.3 Å². The molecule has 6 heteroatoms. The van der Waals surface area contributed by atoms with Gasteiger partial charge in [-0.25, -0.2) is 4.79 Å². The highest BCUT2D eigenvalue weighted by Gasteiger charge is 2.29. The summed E-state index contributed by atoms with van der Waals surface area (Å²) in [6.07, 6.45) is 1.97. The van der Waals surface area contributed by atoms with Gasteiger partial charge in [0.25, 0.3) is 0 Å². The van der Waals surface area contributed by atoms with Crippen molar-refractivity contribution >= 4 is 29.5 Å². The van der Waals surface area contributed by atoms with Crippen LogP contribution in [0.15, 0.2) is 24.3 Å². The molecule has 0 saturated heterocycles. The van der Waals surface area contributed by atoms with E-state index >= 15 is 0 Å². The van der Waals surface area contributed by atoms with Crippen molar-refractivity contribution in [1.29, 1.82) is 0 Å². The van der Waals surface area contributed by atoms with Crippen molar-refractivity contribution < 1.29 is 19.1 Å². The summed E-state index contributed by atoms with van der Waals surface area (Å²) in [6, 6.07) is 6.40. The normalized spacial score (nSPS) is 13.0. The molecule has 0 aliphatic heterocycles. The number of methoxy groups -OCH3 is 1. The molecule has 1 aromatic carbocycles. The molecule has 1 rings (SSSR count). The number of carbonyl (C=O) groups is 2. The van der Waals surface area contributed by atoms with Gasteiger partial charge in [0.1, 0.15) is 18.1 Å². The molecule has 1 N–H and O–H groups in total. The van der Waals surface area contributed by atoms with Crippen molar-refractivity contribution in [1.82, 2.24) is 0 Å². The lowest BCUT2D eigenvalue weighted by Crippen LogP contribution is -2.39. The van der Waals surface area contributed by atoms with E-state index in [9.17, 15) is 9.59 Å². The van der Waals surface area contributed by atoms with Crippen LogP contribution in [0.25, 0.3) is 0 Å². The quantitative estimate of drug-likeness (QED) is 0.406. The molecular weight excluding hydrogens is 306 g/mol. The Morgan fingerprint density at radius 1 is 1.36 bits per heavy atom. The third kappa shape index (κ3) is 5.56. The summed E-state index contributed by atoms with van der Waals surface area (Å²) in [5.41, 5.74) is 0.719. The van der Waals surface area contributed by atoms with E-state index in [4.69, 9.17) is 21.1 Å². The van der Waals surface area contributed by atoms with Crippen LogP contribution in [0.1, 0.15) is 19.8 Å². The fourth-order valence-electron chi connectivity index (χ4n) is 2.07. The van der Waals surface area contributed by atoms with Crippen LogP contribution in [-0.4, -0.2) is 37.9 Å². The van der Waals surface area contributed by atoms with Gasteiger partial charge in [-0.2, -0.15) is 0 Å². The van der Waals surface area contributed by atoms with E-state index in [0.717, 1.165) is 12.0 Å². The largest absolute Gasteiger partial charge is 0.497 e. The first-order chi connectivity index (χ1) is 10.7. The molecule has 0 heterocycles. The van der Waals surface area contributed by atoms with E-state index in [0.29, 0.717) is 24.5 Å². The van der Waals surface area contributed by atoms with Crippen LogP contribution in [0.5, 0.6) is 5.75 Å². The Morgan fingerprint density at radius 2 is 2.05 bits per heavy atom. The van der Waals surface area contributed by atoms with Gasteiger partial charge in [-0.05, 0) is 44.0 Å². The number of halogens is 1. The lowest BCUT2D eigenvalue weighted by Gasteiger charge is -2.23. The zero-order chi connectivity index (χ0) is 16.4. The van der Waals surface area contributed by atoms with Gasteiger partial charge < -0.3 is 19.6 Å². The highest BCUT2D eigenvalue weighted by atomic mass is 35.5. The number of rotatable bonds is 10. The maximum Gasteiger partial charge on any atom is 0.329 e. The van der Waals surface area contributed by atoms with E-state index in [1.165, 1.54) is 0 Å². The Kier molecular flexibility index (Phi) is 8.36. The predicted molar refractivity (Wildman–Crippen MR) is 86.5 cm³/mol. The maximum absolute atomic E-state index is 12.1. The molecule has 0 saturated carbocycles. The van der Waals surface area contributed by atoms with Crippen molar-refractivity contribution in [3.63, 3.8) is 0 Å². The Bertz CT molecular complexity index is 464. The first-order valence-electron chi connectivity index (χ1n) is 7.24. The van der Waals surface area contributed by atoms with Gasteiger partial charge in [0.05, 0.1) is 13.7 Å². The zero-order valence-corrected chi connectivity index (χ0v) is 13.6. The Morgan fingerprint density at radius 3 is 2.55 bits per heavy atom. The summed E-state index contributed by atoms with van der Waals surface area (Å²) < 4.78 is 10.2. The van der Waals surface area contributed by atoms with Gasteiger partial charge in [-0.1, -0.05) is 0 Å². The molecule has 22 heavy (non-hydrogen) atoms. The number of benzene rings is 1. The molecule has 0 aliphatic rings. The lowest BCUT2D eigenvalue weighted by molar-refractivity contribution is -0.146. The lowest BCUT2D eigenvalue weighted by atomic mass is 9.96. The third-order valence-corrected chi connectivity index (χ3v) is 3.49. The van der Waals surface area contributed by atoms with Crippen LogP contribution in [0.4, 0.5) is 5.69 Å². The van der Waals surface area contributed by atoms with Crippen LogP contribution < -0.4 is 10.1 Å². The van der Waals surface area contributed by atoms with Crippen molar-refractivity contribution in [2.45, 2.75) is 25.8 Å². The van der Waals surface area contributed by atoms with Gasteiger partial charge >= 0.3 is 5.97 Å². The smallest absolute Gasteiger partial charge is 0.329 e. The standard InChI is InChI=1S/C16H22ClNO4/c1-3-22-16(20)15(12(11-19)5-4-10-17)18-13-6-8-14(21-2)9-7-13/h6-9,11-12,15,18H,3-5,10H2,1-2H3/t12-,15-/m0/s1. The number of alkyl halides is 1. The summed E-state index contributed by atoms with van der Waals surface area (Å²) in [5.74, 6) is 0.236. The van der Waals surface area contributed by atoms with Gasteiger partial charge in [0, 0.05) is 17.5 Å². The summed E-state index contributed by atoms with van der Waals surface area (Å²) in [4.78, 5) is 23.5. The van der Waals surface area contributed by atoms with Crippen molar-refractivity contribution in [3.8, 4) is 5.75 Å². The van der Waals surface area contributed by atoms with Crippen molar-refractivity contribution in [2.75, 3.05) is 24.9 Å². The Balaban J connectivity index is 2.87. The molecule has 0 fully saturated rings. The van der Waals surface area contributed by atoms with Gasteiger partial charge in [0.2, 0.25) is 0 Å². The second kappa shape index (κ2) is 10.1. The second-order valence-electron chi connectivity index (χ2n) is 4.73. The van der Waals surface area contributed by atoms with Crippen LogP contribution in [-0.2, 0) is 14.3 Å². The van der Waals surface area contributed by atoms with Crippen molar-refractivity contribution in [2.24, 2.45) is 5.92 Å². The molecule has 5 nitrogen and oxygen atoms in total. The second-order valence-corrected chi connectivity index (χ2v) is 5.11. The number of ether oxygens (including phenoxy) is 2. The van der Waals surface area contributed by atoms with E-state index < -0.39 is 17.9 Å². The fourth-order valence-corrected chi connectivity index (χ4v) is 2.22. The van der Waals surface area contributed by atoms with Gasteiger partial charge in [0.15, 0.2) is 0 Å². The molecule has 0 radical (unpaired) electrons. The average Bonchev–Trinajstić information content (AvgIpc) is 2.55. The molecule has 0 aromatic heterocycles. The molecule has 0 unspecified atom stereocenters. The van der Waals surface area contributed by atoms with Crippen molar-refractivity contribution in [3.05, 3.63) is 24.3 Å². The van der Waals surface area contributed by atoms with Crippen LogP contribution in [0.3, 0.4) is 0 Å². The molecule has 0 spiro atoms. The fraction of sp³-hybridized carbons (Fsp3) is 0.500. The summed E-state index contributed by atoms with van der Waals surface area (Å²) in [6.45, 7) is 2.00. The summed E-state index contributed by atoms with van der Waals surface area (Å²) in [5, 5.41) is 3.07. The minimum absolute atomic E-state index is 0.265. The predicted octanol–water partition coefficient (Wildman–Crippen LogP) is 2.87. The minimum atomic E-state index is -0.728. The average molecular weight is 328 g/mol. The number of hydrogen-bond acceptors (Lipinski definition) is 5. The highest BCUT2D eigenvalue weighted by Crippen LogP contribution is 2.20. The minimum Gasteiger partial charge on any atom is -0.497 e. The molecule has 0 bridgehead atoms. The van der Waals surface area contributed by atoms with Crippen LogP contribution in [0, 0.1) is 5.92 Å². The molecule has 122 valence electrons. The summed E-state index contributed by atoms with van der Waals surface area (Å²) in [7, 11) is 1.58. The Hall–Kier alpha value is -1.75. The molecule has 2 atom stereocenters. The molecular formula is C16H22ClNO4. The third-order valence-electron chi connectivity index (χ3n) is 3.23. The summed E-state index contributed by atoms with van der Waals surface area (Å²) >= 11 is 5.68. The Labute approximate surface area is 135 Å². The number of hydrogen-bond donors (Lipinski definition) is 1. The molecule has 1 aromatic rings. The number of carbonyl (C=O) groups excluding carboxylic acids is 2. The van der Waals surface area contributed by atoms with E-state index in [1.807, 2.05) is 0 Å². The number of anilines is 1. The highest BCUT2D eigenvalue weighted by molar-refractivity contribution is 6.17. The van der Waals surface area contributed by atoms with Crippen LogP contribution in [0.2, 0.25) is 0 Å². The molecule has 0 aliphatic carbocycles. The zero-order valence-electron chi connectivity index (χ0n) is 12.9. The number of esters is 1. The topological polar surface area (TPSA) is 64.6 Å². The van der Waals surface area contributed by atoms with Crippen LogP contribution >= 0.6 is 11.6 Å². The monoisotopic (exact) mass is 327 g/mol. The number of nitrogens with one attached hydrogen (secondary N) is 1. The van der Waals surface area contributed by atoms with E-state index in [2.05, 4.69) is 5.32 Å². The molecule has 0 amide bonds. The van der Waals surface area contributed by atoms with Gasteiger partial charge in [-0.3, -0.25) is 0 Å². The first kappa shape index (κ1) is 18.3. The van der Waals surface area contributed by atoms with E-state index in [-0.39, 0.29) is 6.61 Å². The SMILES string of the molecule is CCOC(=O)[C@@H](Nc1ccc(OC)cc1)[C@H](C=O)CCCCl. The number of aldehydes is 1. The maximum atomic E-state index is 12.1.